The molecule has 0 aromatic rings. The van der Waals surface area contributed by atoms with Gasteiger partial charge in [-0.2, -0.15) is 0 Å². The van der Waals surface area contributed by atoms with Gasteiger partial charge in [0.25, 0.3) is 12.3 Å². The molecule has 0 aliphatic heterocycles. The lowest BCUT2D eigenvalue weighted by Gasteiger charge is -2.26. The first-order chi connectivity index (χ1) is 7.08. The fourth-order valence-corrected chi connectivity index (χ4v) is 0.897. The van der Waals surface area contributed by atoms with Crippen LogP contribution in [-0.2, 0) is 14.3 Å². The second-order valence-electron chi connectivity index (χ2n) is 2.47. The van der Waals surface area contributed by atoms with Crippen LogP contribution in [0.15, 0.2) is 12.7 Å². The van der Waals surface area contributed by atoms with Crippen LogP contribution in [0.25, 0.3) is 0 Å². The summed E-state index contributed by atoms with van der Waals surface area (Å²) in [5.74, 6) is -0.658. The van der Waals surface area contributed by atoms with Gasteiger partial charge in [-0.25, -0.2) is 9.69 Å². The van der Waals surface area contributed by atoms with Crippen LogP contribution >= 0.6 is 0 Å². The highest BCUT2D eigenvalue weighted by Crippen LogP contribution is 2.05. The fourth-order valence-electron chi connectivity index (χ4n) is 0.897. The second-order valence-corrected chi connectivity index (χ2v) is 2.47. The Hall–Kier alpha value is -1.40. The van der Waals surface area contributed by atoms with Gasteiger partial charge in [0.15, 0.2) is 0 Å². The van der Waals surface area contributed by atoms with E-state index >= 15 is 0 Å². The van der Waals surface area contributed by atoms with Gasteiger partial charge in [-0.15, -0.1) is 0 Å². The Bertz CT molecular complexity index is 236. The van der Waals surface area contributed by atoms with Gasteiger partial charge in [0.2, 0.25) is 0 Å². The minimum Gasteiger partial charge on any atom is -0.351 e. The van der Waals surface area contributed by atoms with Crippen LogP contribution in [0.5, 0.6) is 0 Å². The molecule has 0 atom stereocenters. The summed E-state index contributed by atoms with van der Waals surface area (Å²) in [6, 6.07) is -0.938. The maximum atomic E-state index is 11.3. The van der Waals surface area contributed by atoms with E-state index in [9.17, 15) is 9.59 Å². The quantitative estimate of drug-likeness (QED) is 0.515. The van der Waals surface area contributed by atoms with Crippen LogP contribution in [0.4, 0.5) is 4.79 Å². The monoisotopic (exact) mass is 216 g/mol. The van der Waals surface area contributed by atoms with E-state index in [2.05, 4.69) is 6.58 Å². The third kappa shape index (κ3) is 4.09. The highest BCUT2D eigenvalue weighted by atomic mass is 16.7. The van der Waals surface area contributed by atoms with Gasteiger partial charge in [-0.05, 0) is 19.9 Å². The smallest absolute Gasteiger partial charge is 0.325 e. The zero-order valence-corrected chi connectivity index (χ0v) is 8.93. The SMILES string of the molecule is C=CC(=O)N(C(N)=O)C(OCC)OCC. The molecule has 86 valence electrons. The highest BCUT2D eigenvalue weighted by molar-refractivity contribution is 5.99. The molecule has 0 radical (unpaired) electrons. The Kier molecular flexibility index (Phi) is 6.32. The summed E-state index contributed by atoms with van der Waals surface area (Å²) >= 11 is 0. The van der Waals surface area contributed by atoms with Crippen molar-refractivity contribution < 1.29 is 19.1 Å². The van der Waals surface area contributed by atoms with Crippen molar-refractivity contribution in [2.75, 3.05) is 13.2 Å². The van der Waals surface area contributed by atoms with E-state index < -0.39 is 18.4 Å². The molecular formula is C9H16N2O4. The van der Waals surface area contributed by atoms with E-state index in [0.29, 0.717) is 18.1 Å². The van der Waals surface area contributed by atoms with Gasteiger partial charge in [0, 0.05) is 13.2 Å². The number of imide groups is 1. The van der Waals surface area contributed by atoms with Gasteiger partial charge < -0.3 is 15.2 Å². The molecule has 0 aromatic heterocycles. The summed E-state index contributed by atoms with van der Waals surface area (Å²) in [5.41, 5.74) is 5.03. The Balaban J connectivity index is 4.73. The maximum absolute atomic E-state index is 11.3. The van der Waals surface area contributed by atoms with Gasteiger partial charge >= 0.3 is 6.03 Å². The number of carbonyl (C=O) groups is 2. The predicted molar refractivity (Wildman–Crippen MR) is 53.7 cm³/mol. The van der Waals surface area contributed by atoms with E-state index in [-0.39, 0.29) is 0 Å². The molecule has 6 nitrogen and oxygen atoms in total. The topological polar surface area (TPSA) is 81.9 Å². The lowest BCUT2D eigenvalue weighted by molar-refractivity contribution is -0.203. The molecule has 0 aliphatic rings. The molecule has 0 rings (SSSR count). The van der Waals surface area contributed by atoms with Crippen molar-refractivity contribution in [1.82, 2.24) is 4.90 Å². The average Bonchev–Trinajstić information content (AvgIpc) is 2.18. The van der Waals surface area contributed by atoms with Crippen molar-refractivity contribution in [2.24, 2.45) is 5.73 Å². The standard InChI is InChI=1S/C9H16N2O4/c1-4-7(12)11(8(10)13)9(14-5-2)15-6-3/h4,9H,1,5-6H2,2-3H3,(H2,10,13). The Labute approximate surface area is 88.6 Å². The van der Waals surface area contributed by atoms with Crippen LogP contribution in [0.3, 0.4) is 0 Å². The van der Waals surface area contributed by atoms with Crippen LogP contribution < -0.4 is 5.73 Å². The number of hydrogen-bond donors (Lipinski definition) is 1. The summed E-state index contributed by atoms with van der Waals surface area (Å²) in [4.78, 5) is 23.0. The summed E-state index contributed by atoms with van der Waals surface area (Å²) in [6.07, 6.45) is -0.126. The van der Waals surface area contributed by atoms with Crippen LogP contribution in [0.2, 0.25) is 0 Å². The van der Waals surface area contributed by atoms with Crippen molar-refractivity contribution in [1.29, 1.82) is 0 Å². The third-order valence-corrected chi connectivity index (χ3v) is 1.48. The van der Waals surface area contributed by atoms with Crippen molar-refractivity contribution in [3.63, 3.8) is 0 Å². The Morgan fingerprint density at radius 2 is 1.87 bits per heavy atom. The largest absolute Gasteiger partial charge is 0.351 e. The van der Waals surface area contributed by atoms with Gasteiger partial charge in [-0.3, -0.25) is 4.79 Å². The highest BCUT2D eigenvalue weighted by Gasteiger charge is 2.27. The van der Waals surface area contributed by atoms with E-state index in [4.69, 9.17) is 15.2 Å². The zero-order chi connectivity index (χ0) is 11.8. The molecule has 0 aromatic carbocycles. The van der Waals surface area contributed by atoms with Crippen molar-refractivity contribution in [3.8, 4) is 0 Å². The summed E-state index contributed by atoms with van der Waals surface area (Å²) in [7, 11) is 0. The molecule has 0 aliphatic carbocycles. The summed E-state index contributed by atoms with van der Waals surface area (Å²) < 4.78 is 10.1. The molecule has 0 fully saturated rings. The maximum Gasteiger partial charge on any atom is 0.325 e. The molecule has 15 heavy (non-hydrogen) atoms. The summed E-state index contributed by atoms with van der Waals surface area (Å²) in [6.45, 7) is 7.26. The number of hydrogen-bond acceptors (Lipinski definition) is 4. The minimum absolute atomic E-state index is 0.291. The molecule has 0 bridgehead atoms. The number of ether oxygens (including phenoxy) is 2. The van der Waals surface area contributed by atoms with E-state index in [0.717, 1.165) is 6.08 Å². The Morgan fingerprint density at radius 3 is 2.13 bits per heavy atom. The van der Waals surface area contributed by atoms with Crippen molar-refractivity contribution >= 4 is 11.9 Å². The molecule has 2 N–H and O–H groups in total. The first-order valence-electron chi connectivity index (χ1n) is 4.56. The number of nitrogens with zero attached hydrogens (tertiary/aromatic N) is 1. The molecule has 0 saturated heterocycles. The van der Waals surface area contributed by atoms with E-state index in [1.807, 2.05) is 0 Å². The number of primary amides is 1. The minimum atomic E-state index is -1.09. The third-order valence-electron chi connectivity index (χ3n) is 1.48. The molecular weight excluding hydrogens is 200 g/mol. The Morgan fingerprint density at radius 1 is 1.40 bits per heavy atom. The van der Waals surface area contributed by atoms with Crippen LogP contribution in [0.1, 0.15) is 13.8 Å². The average molecular weight is 216 g/mol. The number of carbonyl (C=O) groups excluding carboxylic acids is 2. The number of rotatable bonds is 6. The lowest BCUT2D eigenvalue weighted by atomic mass is 10.5. The molecule has 0 spiro atoms. The predicted octanol–water partition coefficient (Wildman–Crippen LogP) is 0.436. The number of urea groups is 1. The number of nitrogens with two attached hydrogens (primary N) is 1. The molecule has 0 unspecified atom stereocenters. The normalized spacial score (nSPS) is 10.1. The number of amides is 3. The molecule has 3 amide bonds. The van der Waals surface area contributed by atoms with Crippen molar-refractivity contribution in [2.45, 2.75) is 20.3 Å². The first kappa shape index (κ1) is 13.6. The van der Waals surface area contributed by atoms with Gasteiger partial charge in [-0.1, -0.05) is 6.58 Å². The van der Waals surface area contributed by atoms with E-state index in [1.165, 1.54) is 0 Å². The summed E-state index contributed by atoms with van der Waals surface area (Å²) in [5, 5.41) is 0. The molecule has 0 heterocycles. The fraction of sp³-hybridized carbons (Fsp3) is 0.556. The van der Waals surface area contributed by atoms with Crippen LogP contribution in [0, 0.1) is 0 Å². The molecule has 6 heteroatoms. The first-order valence-corrected chi connectivity index (χ1v) is 4.56. The van der Waals surface area contributed by atoms with Crippen molar-refractivity contribution in [3.05, 3.63) is 12.7 Å². The second kappa shape index (κ2) is 6.97. The van der Waals surface area contributed by atoms with E-state index in [1.54, 1.807) is 13.8 Å². The van der Waals surface area contributed by atoms with Gasteiger partial charge in [0.05, 0.1) is 0 Å². The molecule has 0 saturated carbocycles. The van der Waals surface area contributed by atoms with Gasteiger partial charge in [0.1, 0.15) is 0 Å². The van der Waals surface area contributed by atoms with Crippen LogP contribution in [-0.4, -0.2) is 36.5 Å². The lowest BCUT2D eigenvalue weighted by Crippen LogP contribution is -2.49. The zero-order valence-electron chi connectivity index (χ0n) is 8.93.